The van der Waals surface area contributed by atoms with Gasteiger partial charge in [-0.1, -0.05) is 37.3 Å². The minimum absolute atomic E-state index is 0.338. The van der Waals surface area contributed by atoms with Crippen molar-refractivity contribution in [2.75, 3.05) is 12.5 Å². The normalized spacial score (nSPS) is 15.4. The van der Waals surface area contributed by atoms with Gasteiger partial charge in [-0.15, -0.1) is 0 Å². The molecule has 2 atom stereocenters. The molecule has 126 valence electrons. The molecule has 0 amide bonds. The maximum absolute atomic E-state index is 11.4. The molecular weight excluding hydrogens is 328 g/mol. The fourth-order valence-corrected chi connectivity index (χ4v) is 3.41. The Bertz CT molecular complexity index is 652. The monoisotopic (exact) mass is 350 g/mol. The zero-order valence-corrected chi connectivity index (χ0v) is 14.6. The van der Waals surface area contributed by atoms with E-state index in [1.807, 2.05) is 13.0 Å². The van der Waals surface area contributed by atoms with Gasteiger partial charge in [0.1, 0.15) is 6.10 Å². The topological polar surface area (TPSA) is 86.7 Å². The van der Waals surface area contributed by atoms with Crippen molar-refractivity contribution in [1.82, 2.24) is 0 Å². The van der Waals surface area contributed by atoms with Gasteiger partial charge in [0.25, 0.3) is 20.2 Å². The highest BCUT2D eigenvalue weighted by atomic mass is 32.2. The molecule has 0 heterocycles. The van der Waals surface area contributed by atoms with Crippen molar-refractivity contribution in [3.05, 3.63) is 35.9 Å². The van der Waals surface area contributed by atoms with Crippen LogP contribution in [0.5, 0.6) is 0 Å². The van der Waals surface area contributed by atoms with Gasteiger partial charge in [-0.25, -0.2) is 0 Å². The molecule has 0 bridgehead atoms. The SMILES string of the molecule is CC[C@H](CC[C@H](OS(C)(=O)=O)c1ccccc1)OS(C)(=O)=O. The summed E-state index contributed by atoms with van der Waals surface area (Å²) in [6.07, 6.45) is 2.06. The van der Waals surface area contributed by atoms with Gasteiger partial charge in [-0.3, -0.25) is 8.37 Å². The number of hydrogen-bond acceptors (Lipinski definition) is 6. The van der Waals surface area contributed by atoms with Crippen molar-refractivity contribution in [3.63, 3.8) is 0 Å². The Balaban J connectivity index is 2.81. The summed E-state index contributed by atoms with van der Waals surface area (Å²) in [7, 11) is -7.16. The Morgan fingerprint density at radius 2 is 1.45 bits per heavy atom. The molecule has 6 nitrogen and oxygen atoms in total. The predicted molar refractivity (Wildman–Crippen MR) is 84.4 cm³/mol. The summed E-state index contributed by atoms with van der Waals surface area (Å²) in [5.74, 6) is 0. The van der Waals surface area contributed by atoms with E-state index in [0.29, 0.717) is 19.3 Å². The van der Waals surface area contributed by atoms with E-state index in [4.69, 9.17) is 8.37 Å². The quantitative estimate of drug-likeness (QED) is 0.635. The molecule has 0 saturated heterocycles. The van der Waals surface area contributed by atoms with Gasteiger partial charge in [-0.05, 0) is 24.8 Å². The van der Waals surface area contributed by atoms with Gasteiger partial charge < -0.3 is 0 Å². The molecule has 1 aromatic carbocycles. The molecule has 1 rings (SSSR count). The number of rotatable bonds is 9. The van der Waals surface area contributed by atoms with E-state index in [-0.39, 0.29) is 0 Å². The van der Waals surface area contributed by atoms with Crippen LogP contribution in [0, 0.1) is 0 Å². The first-order chi connectivity index (χ1) is 10.1. The van der Waals surface area contributed by atoms with Crippen LogP contribution < -0.4 is 0 Å². The first kappa shape index (κ1) is 19.1. The molecule has 0 N–H and O–H groups in total. The molecule has 0 aromatic heterocycles. The molecule has 0 radical (unpaired) electrons. The fraction of sp³-hybridized carbons (Fsp3) is 0.571. The summed E-state index contributed by atoms with van der Waals surface area (Å²) in [6, 6.07) is 8.95. The van der Waals surface area contributed by atoms with E-state index in [1.165, 1.54) is 0 Å². The highest BCUT2D eigenvalue weighted by Gasteiger charge is 2.21. The van der Waals surface area contributed by atoms with Crippen LogP contribution in [0.25, 0.3) is 0 Å². The molecule has 0 aliphatic carbocycles. The average Bonchev–Trinajstić information content (AvgIpc) is 2.40. The van der Waals surface area contributed by atoms with Crippen LogP contribution in [-0.2, 0) is 28.6 Å². The van der Waals surface area contributed by atoms with Crippen LogP contribution in [0.2, 0.25) is 0 Å². The second-order valence-corrected chi connectivity index (χ2v) is 8.31. The second kappa shape index (κ2) is 8.05. The van der Waals surface area contributed by atoms with Crippen LogP contribution in [-0.4, -0.2) is 35.5 Å². The third-order valence-electron chi connectivity index (χ3n) is 2.98. The van der Waals surface area contributed by atoms with Crippen molar-refractivity contribution >= 4 is 20.2 Å². The molecule has 0 aliphatic rings. The van der Waals surface area contributed by atoms with E-state index >= 15 is 0 Å². The largest absolute Gasteiger partial charge is 0.267 e. The first-order valence-electron chi connectivity index (χ1n) is 6.92. The van der Waals surface area contributed by atoms with Crippen LogP contribution in [0.4, 0.5) is 0 Å². The summed E-state index contributed by atoms with van der Waals surface area (Å²) in [6.45, 7) is 1.81. The lowest BCUT2D eigenvalue weighted by atomic mass is 10.0. The fourth-order valence-electron chi connectivity index (χ4n) is 2.05. The number of benzene rings is 1. The molecular formula is C14H22O6S2. The van der Waals surface area contributed by atoms with Gasteiger partial charge in [0.2, 0.25) is 0 Å². The molecule has 1 aromatic rings. The smallest absolute Gasteiger partial charge is 0.264 e. The Kier molecular flexibility index (Phi) is 6.98. The summed E-state index contributed by atoms with van der Waals surface area (Å²) in [4.78, 5) is 0. The molecule has 8 heteroatoms. The Morgan fingerprint density at radius 3 is 1.91 bits per heavy atom. The van der Waals surface area contributed by atoms with Gasteiger partial charge in [0, 0.05) is 0 Å². The van der Waals surface area contributed by atoms with Crippen LogP contribution in [0.3, 0.4) is 0 Å². The van der Waals surface area contributed by atoms with Gasteiger partial charge >= 0.3 is 0 Å². The zero-order chi connectivity index (χ0) is 16.8. The van der Waals surface area contributed by atoms with E-state index in [1.54, 1.807) is 24.3 Å². The van der Waals surface area contributed by atoms with Crippen LogP contribution in [0.15, 0.2) is 30.3 Å². The lowest BCUT2D eigenvalue weighted by molar-refractivity contribution is 0.149. The zero-order valence-electron chi connectivity index (χ0n) is 12.9. The Morgan fingerprint density at radius 1 is 0.909 bits per heavy atom. The van der Waals surface area contributed by atoms with Crippen molar-refractivity contribution in [2.24, 2.45) is 0 Å². The Labute approximate surface area is 132 Å². The molecule has 0 unspecified atom stereocenters. The first-order valence-corrected chi connectivity index (χ1v) is 10.6. The highest BCUT2D eigenvalue weighted by Crippen LogP contribution is 2.26. The van der Waals surface area contributed by atoms with Gasteiger partial charge in [0.05, 0.1) is 18.6 Å². The highest BCUT2D eigenvalue weighted by molar-refractivity contribution is 7.86. The van der Waals surface area contributed by atoms with E-state index < -0.39 is 32.4 Å². The summed E-state index contributed by atoms with van der Waals surface area (Å²) < 4.78 is 55.3. The second-order valence-electron chi connectivity index (χ2n) is 5.11. The Hall–Kier alpha value is -0.960. The standard InChI is InChI=1S/C14H22O6S2/c1-4-13(19-21(2,15)16)10-11-14(20-22(3,17)18)12-8-6-5-7-9-12/h5-9,13-14H,4,10-11H2,1-3H3/t13-,14+/m1/s1. The van der Waals surface area contributed by atoms with Crippen molar-refractivity contribution in [1.29, 1.82) is 0 Å². The van der Waals surface area contributed by atoms with Crippen molar-refractivity contribution in [2.45, 2.75) is 38.4 Å². The van der Waals surface area contributed by atoms with Gasteiger partial charge in [0.15, 0.2) is 0 Å². The molecule has 0 aliphatic heterocycles. The maximum atomic E-state index is 11.4. The molecule has 0 fully saturated rings. The average molecular weight is 350 g/mol. The van der Waals surface area contributed by atoms with E-state index in [0.717, 1.165) is 18.1 Å². The third kappa shape index (κ3) is 7.88. The molecule has 0 spiro atoms. The van der Waals surface area contributed by atoms with Crippen LogP contribution in [0.1, 0.15) is 37.9 Å². The van der Waals surface area contributed by atoms with Crippen molar-refractivity contribution < 1.29 is 25.2 Å². The minimum Gasteiger partial charge on any atom is -0.267 e. The molecule has 0 saturated carbocycles. The predicted octanol–water partition coefficient (Wildman–Crippen LogP) is 2.24. The summed E-state index contributed by atoms with van der Waals surface area (Å²) in [5, 5.41) is 0. The third-order valence-corrected chi connectivity index (χ3v) is 4.18. The maximum Gasteiger partial charge on any atom is 0.264 e. The summed E-state index contributed by atoms with van der Waals surface area (Å²) >= 11 is 0. The van der Waals surface area contributed by atoms with E-state index in [9.17, 15) is 16.8 Å². The van der Waals surface area contributed by atoms with Crippen molar-refractivity contribution in [3.8, 4) is 0 Å². The van der Waals surface area contributed by atoms with E-state index in [2.05, 4.69) is 0 Å². The number of hydrogen-bond donors (Lipinski definition) is 0. The minimum atomic E-state index is -3.62. The lowest BCUT2D eigenvalue weighted by Crippen LogP contribution is -2.19. The van der Waals surface area contributed by atoms with Gasteiger partial charge in [-0.2, -0.15) is 16.8 Å². The summed E-state index contributed by atoms with van der Waals surface area (Å²) in [5.41, 5.74) is 0.724. The molecule has 22 heavy (non-hydrogen) atoms. The van der Waals surface area contributed by atoms with Crippen LogP contribution >= 0.6 is 0 Å². The lowest BCUT2D eigenvalue weighted by Gasteiger charge is -2.20.